The smallest absolute Gasteiger partial charge is 0.151 e. The van der Waals surface area contributed by atoms with Gasteiger partial charge in [0.25, 0.3) is 0 Å². The van der Waals surface area contributed by atoms with E-state index in [9.17, 15) is 0 Å². The topological polar surface area (TPSA) is 49.7 Å². The highest BCUT2D eigenvalue weighted by Gasteiger charge is 2.04. The van der Waals surface area contributed by atoms with Gasteiger partial charge < -0.3 is 14.9 Å². The number of aliphatic hydroxyl groups is 2. The van der Waals surface area contributed by atoms with E-state index in [1.165, 1.54) is 11.6 Å². The van der Waals surface area contributed by atoms with Gasteiger partial charge in [0.05, 0.1) is 13.2 Å². The lowest BCUT2D eigenvalue weighted by atomic mass is 10.4. The average Bonchev–Trinajstić information content (AvgIpc) is 2.01. The molecule has 11 heavy (non-hydrogen) atoms. The summed E-state index contributed by atoms with van der Waals surface area (Å²) in [5, 5.41) is 17.1. The second-order valence-corrected chi connectivity index (χ2v) is 2.52. The molecule has 0 aromatic heterocycles. The Kier molecular flexibility index (Phi) is 7.01. The van der Waals surface area contributed by atoms with Crippen LogP contribution in [0.3, 0.4) is 0 Å². The van der Waals surface area contributed by atoms with Crippen molar-refractivity contribution in [2.24, 2.45) is 0 Å². The minimum Gasteiger partial charge on any atom is -0.394 e. The van der Waals surface area contributed by atoms with Gasteiger partial charge in [0.15, 0.2) is 5.56 Å². The number of hydrogen-bond acceptors (Lipinski definition) is 3. The molecule has 3 nitrogen and oxygen atoms in total. The highest BCUT2D eigenvalue weighted by Crippen LogP contribution is 2.01. The minimum absolute atomic E-state index is 0.00804. The molecule has 0 saturated carbocycles. The first-order valence-electron chi connectivity index (χ1n) is 3.02. The molecule has 0 bridgehead atoms. The van der Waals surface area contributed by atoms with Crippen molar-refractivity contribution in [1.82, 2.24) is 0 Å². The van der Waals surface area contributed by atoms with Crippen molar-refractivity contribution in [3.05, 3.63) is 11.6 Å². The lowest BCUT2D eigenvalue weighted by Crippen LogP contribution is -2.21. The Balaban J connectivity index is 3.37. The van der Waals surface area contributed by atoms with E-state index in [4.69, 9.17) is 38.2 Å². The van der Waals surface area contributed by atoms with E-state index in [1.807, 2.05) is 0 Å². The summed E-state index contributed by atoms with van der Waals surface area (Å²) in [6.45, 7) is -0.347. The van der Waals surface area contributed by atoms with Crippen LogP contribution in [0.15, 0.2) is 11.6 Å². The van der Waals surface area contributed by atoms with Gasteiger partial charge in [-0.3, -0.25) is 0 Å². The van der Waals surface area contributed by atoms with Crippen molar-refractivity contribution in [2.45, 2.75) is 11.7 Å². The summed E-state index contributed by atoms with van der Waals surface area (Å²) in [6.07, 6.45) is 0.521. The SMILES string of the molecule is OCC(O)COC(Cl)C=CCl. The molecular formula is C6H10Cl2O3. The molecule has 5 heteroatoms. The normalized spacial score (nSPS) is 17.1. The second-order valence-electron chi connectivity index (χ2n) is 1.84. The van der Waals surface area contributed by atoms with Crippen LogP contribution in [0.2, 0.25) is 0 Å². The maximum Gasteiger partial charge on any atom is 0.151 e. The molecule has 2 atom stereocenters. The van der Waals surface area contributed by atoms with E-state index >= 15 is 0 Å². The second kappa shape index (κ2) is 6.88. The largest absolute Gasteiger partial charge is 0.394 e. The predicted octanol–water partition coefficient (Wildman–Crippen LogP) is 0.674. The number of alkyl halides is 1. The van der Waals surface area contributed by atoms with E-state index in [-0.39, 0.29) is 13.2 Å². The molecule has 2 unspecified atom stereocenters. The number of halogens is 2. The van der Waals surface area contributed by atoms with Crippen LogP contribution in [-0.4, -0.2) is 35.1 Å². The fraction of sp³-hybridized carbons (Fsp3) is 0.667. The summed E-state index contributed by atoms with van der Waals surface area (Å²) in [4.78, 5) is 0. The van der Waals surface area contributed by atoms with Crippen molar-refractivity contribution in [2.75, 3.05) is 13.2 Å². The molecule has 66 valence electrons. The van der Waals surface area contributed by atoms with Crippen molar-refractivity contribution in [3.8, 4) is 0 Å². The Morgan fingerprint density at radius 3 is 2.64 bits per heavy atom. The van der Waals surface area contributed by atoms with Crippen LogP contribution < -0.4 is 0 Å². The molecule has 0 aliphatic heterocycles. The molecular weight excluding hydrogens is 191 g/mol. The maximum atomic E-state index is 8.78. The zero-order chi connectivity index (χ0) is 8.69. The first-order chi connectivity index (χ1) is 5.20. The van der Waals surface area contributed by atoms with Gasteiger partial charge in [0.1, 0.15) is 6.10 Å². The van der Waals surface area contributed by atoms with E-state index in [0.717, 1.165) is 0 Å². The summed E-state index contributed by atoms with van der Waals surface area (Å²) in [7, 11) is 0. The fourth-order valence-corrected chi connectivity index (χ4v) is 0.721. The van der Waals surface area contributed by atoms with Gasteiger partial charge in [0.2, 0.25) is 0 Å². The summed E-state index contributed by atoms with van der Waals surface area (Å²) in [6, 6.07) is 0. The Bertz CT molecular complexity index is 118. The molecule has 0 radical (unpaired) electrons. The molecule has 0 heterocycles. The van der Waals surface area contributed by atoms with Crippen LogP contribution in [0.4, 0.5) is 0 Å². The Morgan fingerprint density at radius 1 is 1.55 bits per heavy atom. The van der Waals surface area contributed by atoms with Gasteiger partial charge >= 0.3 is 0 Å². The molecule has 0 aromatic carbocycles. The molecule has 0 aromatic rings. The van der Waals surface area contributed by atoms with Gasteiger partial charge in [-0.25, -0.2) is 0 Å². The lowest BCUT2D eigenvalue weighted by molar-refractivity contribution is 0.00579. The van der Waals surface area contributed by atoms with E-state index in [1.54, 1.807) is 0 Å². The van der Waals surface area contributed by atoms with Crippen molar-refractivity contribution < 1.29 is 14.9 Å². The van der Waals surface area contributed by atoms with Crippen LogP contribution in [0, 0.1) is 0 Å². The Labute approximate surface area is 75.2 Å². The lowest BCUT2D eigenvalue weighted by Gasteiger charge is -2.09. The fourth-order valence-electron chi connectivity index (χ4n) is 0.368. The van der Waals surface area contributed by atoms with E-state index in [0.29, 0.717) is 0 Å². The molecule has 2 N–H and O–H groups in total. The first kappa shape index (κ1) is 11.2. The molecule has 0 rings (SSSR count). The van der Waals surface area contributed by atoms with Crippen molar-refractivity contribution in [3.63, 3.8) is 0 Å². The first-order valence-corrected chi connectivity index (χ1v) is 3.89. The summed E-state index contributed by atoms with van der Waals surface area (Å²) < 4.78 is 4.82. The maximum absolute atomic E-state index is 8.78. The van der Waals surface area contributed by atoms with Crippen LogP contribution >= 0.6 is 23.2 Å². The molecule has 0 fully saturated rings. The molecule has 0 aliphatic rings. The zero-order valence-electron chi connectivity index (χ0n) is 5.78. The molecule has 0 spiro atoms. The molecule has 0 saturated heterocycles. The van der Waals surface area contributed by atoms with Crippen LogP contribution in [-0.2, 0) is 4.74 Å². The van der Waals surface area contributed by atoms with Crippen molar-refractivity contribution >= 4 is 23.2 Å². The van der Waals surface area contributed by atoms with Gasteiger partial charge in [-0.2, -0.15) is 0 Å². The monoisotopic (exact) mass is 200 g/mol. The standard InChI is InChI=1S/C6H10Cl2O3/c7-2-1-6(8)11-4-5(10)3-9/h1-2,5-6,9-10H,3-4H2. The van der Waals surface area contributed by atoms with Gasteiger partial charge in [-0.05, 0) is 6.08 Å². The van der Waals surface area contributed by atoms with Crippen LogP contribution in [0.25, 0.3) is 0 Å². The Morgan fingerprint density at radius 2 is 2.18 bits per heavy atom. The van der Waals surface area contributed by atoms with Crippen LogP contribution in [0.1, 0.15) is 0 Å². The quantitative estimate of drug-likeness (QED) is 0.643. The minimum atomic E-state index is -0.889. The summed E-state index contributed by atoms with van der Waals surface area (Å²) in [5.74, 6) is 0. The predicted molar refractivity (Wildman–Crippen MR) is 43.7 cm³/mol. The number of ether oxygens (including phenoxy) is 1. The number of rotatable bonds is 5. The number of hydrogen-bond donors (Lipinski definition) is 2. The molecule has 0 aliphatic carbocycles. The van der Waals surface area contributed by atoms with Crippen molar-refractivity contribution in [1.29, 1.82) is 0 Å². The molecule has 0 amide bonds. The highest BCUT2D eigenvalue weighted by molar-refractivity contribution is 6.26. The van der Waals surface area contributed by atoms with E-state index in [2.05, 4.69) is 0 Å². The Hall–Kier alpha value is 0.200. The summed E-state index contributed by atoms with van der Waals surface area (Å²) >= 11 is 10.7. The summed E-state index contributed by atoms with van der Waals surface area (Å²) in [5.41, 5.74) is 0.567. The zero-order valence-corrected chi connectivity index (χ0v) is 7.29. The third kappa shape index (κ3) is 6.59. The van der Waals surface area contributed by atoms with Gasteiger partial charge in [0, 0.05) is 5.54 Å². The third-order valence-electron chi connectivity index (χ3n) is 0.883. The van der Waals surface area contributed by atoms with Gasteiger partial charge in [-0.15, -0.1) is 0 Å². The average molecular weight is 201 g/mol. The van der Waals surface area contributed by atoms with E-state index < -0.39 is 11.7 Å². The third-order valence-corrected chi connectivity index (χ3v) is 1.30. The van der Waals surface area contributed by atoms with Crippen LogP contribution in [0.5, 0.6) is 0 Å². The highest BCUT2D eigenvalue weighted by atomic mass is 35.5. The number of aliphatic hydroxyl groups excluding tert-OH is 2. The van der Waals surface area contributed by atoms with Gasteiger partial charge in [-0.1, -0.05) is 23.2 Å².